The molecule has 3 rings (SSSR count). The highest BCUT2D eigenvalue weighted by molar-refractivity contribution is 5.85. The van der Waals surface area contributed by atoms with Gasteiger partial charge >= 0.3 is 0 Å². The number of fused-ring (bicyclic) bond motifs is 3. The molecule has 96 valence electrons. The molecular weight excluding hydrogens is 226 g/mol. The van der Waals surface area contributed by atoms with Gasteiger partial charge in [0.25, 0.3) is 0 Å². The second kappa shape index (κ2) is 4.01. The fraction of sp³-hybridized carbons (Fsp3) is 0.533. The van der Waals surface area contributed by atoms with E-state index in [1.807, 2.05) is 6.07 Å². The molecule has 1 fully saturated rings. The van der Waals surface area contributed by atoms with Crippen LogP contribution < -0.4 is 0 Å². The molecule has 0 spiro atoms. The molecule has 1 saturated carbocycles. The summed E-state index contributed by atoms with van der Waals surface area (Å²) in [6.07, 6.45) is 4.96. The fourth-order valence-electron chi connectivity index (χ4n) is 3.76. The predicted octanol–water partition coefficient (Wildman–Crippen LogP) is 3.23. The van der Waals surface area contributed by atoms with Crippen LogP contribution in [0.25, 0.3) is 0 Å². The minimum atomic E-state index is 0.176. The van der Waals surface area contributed by atoms with E-state index in [1.165, 1.54) is 11.1 Å². The van der Waals surface area contributed by atoms with Crippen LogP contribution in [0, 0.1) is 5.92 Å². The van der Waals surface area contributed by atoms with Crippen molar-refractivity contribution in [3.05, 3.63) is 29.3 Å². The van der Waals surface area contributed by atoms with Gasteiger partial charge in [0.05, 0.1) is 5.71 Å². The maximum atomic E-state index is 9.60. The Kier molecular flexibility index (Phi) is 2.58. The molecular formula is C15H19NO2. The molecule has 2 aliphatic carbocycles. The molecule has 0 aliphatic heterocycles. The number of oxime groups is 1. The van der Waals surface area contributed by atoms with E-state index in [-0.39, 0.29) is 5.41 Å². The number of aryl methyl sites for hydroxylation is 1. The Morgan fingerprint density at radius 1 is 1.33 bits per heavy atom. The lowest BCUT2D eigenvalue weighted by molar-refractivity contribution is 0.223. The van der Waals surface area contributed by atoms with Gasteiger partial charge in [0, 0.05) is 0 Å². The molecule has 3 nitrogen and oxygen atoms in total. The quantitative estimate of drug-likeness (QED) is 0.544. The Bertz CT molecular complexity index is 509. The third kappa shape index (κ3) is 1.61. The van der Waals surface area contributed by atoms with Crippen LogP contribution in [0.3, 0.4) is 0 Å². The molecule has 0 saturated heterocycles. The van der Waals surface area contributed by atoms with Crippen LogP contribution in [0.4, 0.5) is 0 Å². The summed E-state index contributed by atoms with van der Waals surface area (Å²) in [5.41, 5.74) is 3.79. The van der Waals surface area contributed by atoms with Gasteiger partial charge in [-0.1, -0.05) is 18.1 Å². The van der Waals surface area contributed by atoms with Crippen molar-refractivity contribution in [3.8, 4) is 5.75 Å². The van der Waals surface area contributed by atoms with Crippen LogP contribution in [0.15, 0.2) is 23.4 Å². The molecule has 18 heavy (non-hydrogen) atoms. The largest absolute Gasteiger partial charge is 0.508 e. The maximum Gasteiger partial charge on any atom is 0.115 e. The standard InChI is InChI=1S/C15H19NO2/c1-15-7-6-12(16-18)9-11(15)3-2-10-8-13(17)4-5-14(10)15/h4-5,8,11,17-18H,2-3,6-7,9H2,1H3/t11-,15+/m0/s1. The van der Waals surface area contributed by atoms with Gasteiger partial charge in [-0.2, -0.15) is 0 Å². The zero-order chi connectivity index (χ0) is 12.8. The van der Waals surface area contributed by atoms with Gasteiger partial charge in [0.15, 0.2) is 0 Å². The molecule has 0 radical (unpaired) electrons. The summed E-state index contributed by atoms with van der Waals surface area (Å²) in [5.74, 6) is 0.929. The zero-order valence-electron chi connectivity index (χ0n) is 10.7. The predicted molar refractivity (Wildman–Crippen MR) is 70.3 cm³/mol. The summed E-state index contributed by atoms with van der Waals surface area (Å²) >= 11 is 0. The van der Waals surface area contributed by atoms with Crippen molar-refractivity contribution in [2.75, 3.05) is 0 Å². The third-order valence-corrected chi connectivity index (χ3v) is 4.92. The van der Waals surface area contributed by atoms with E-state index in [0.717, 1.165) is 37.8 Å². The number of benzene rings is 1. The van der Waals surface area contributed by atoms with Crippen molar-refractivity contribution in [2.45, 2.75) is 44.4 Å². The second-order valence-electron chi connectivity index (χ2n) is 5.86. The summed E-state index contributed by atoms with van der Waals surface area (Å²) in [7, 11) is 0. The second-order valence-corrected chi connectivity index (χ2v) is 5.86. The first-order valence-electron chi connectivity index (χ1n) is 6.65. The van der Waals surface area contributed by atoms with Crippen LogP contribution >= 0.6 is 0 Å². The topological polar surface area (TPSA) is 52.8 Å². The summed E-state index contributed by atoms with van der Waals surface area (Å²) in [6.45, 7) is 2.32. The van der Waals surface area contributed by atoms with Gasteiger partial charge in [0.1, 0.15) is 5.75 Å². The van der Waals surface area contributed by atoms with Crippen LogP contribution in [0.2, 0.25) is 0 Å². The Morgan fingerprint density at radius 2 is 2.17 bits per heavy atom. The molecule has 0 unspecified atom stereocenters. The Hall–Kier alpha value is -1.51. The summed E-state index contributed by atoms with van der Waals surface area (Å²) in [4.78, 5) is 0. The summed E-state index contributed by atoms with van der Waals surface area (Å²) < 4.78 is 0. The molecule has 0 bridgehead atoms. The van der Waals surface area contributed by atoms with Crippen molar-refractivity contribution in [1.82, 2.24) is 0 Å². The van der Waals surface area contributed by atoms with Gasteiger partial charge < -0.3 is 10.3 Å². The van der Waals surface area contributed by atoms with Crippen molar-refractivity contribution in [1.29, 1.82) is 0 Å². The Morgan fingerprint density at radius 3 is 2.94 bits per heavy atom. The van der Waals surface area contributed by atoms with Crippen LogP contribution in [-0.2, 0) is 11.8 Å². The van der Waals surface area contributed by atoms with E-state index in [0.29, 0.717) is 11.7 Å². The van der Waals surface area contributed by atoms with Crippen LogP contribution in [0.1, 0.15) is 43.7 Å². The average molecular weight is 245 g/mol. The van der Waals surface area contributed by atoms with Gasteiger partial charge in [0.2, 0.25) is 0 Å². The van der Waals surface area contributed by atoms with Gasteiger partial charge in [-0.15, -0.1) is 0 Å². The lowest BCUT2D eigenvalue weighted by atomic mass is 9.58. The van der Waals surface area contributed by atoms with E-state index in [1.54, 1.807) is 6.07 Å². The van der Waals surface area contributed by atoms with Gasteiger partial charge in [-0.3, -0.25) is 0 Å². The first-order chi connectivity index (χ1) is 8.63. The molecule has 1 aromatic rings. The molecule has 1 aromatic carbocycles. The molecule has 3 heteroatoms. The fourth-order valence-corrected chi connectivity index (χ4v) is 3.76. The first kappa shape index (κ1) is 11.6. The number of aromatic hydroxyl groups is 1. The molecule has 0 heterocycles. The summed E-state index contributed by atoms with van der Waals surface area (Å²) in [5, 5.41) is 22.0. The van der Waals surface area contributed by atoms with E-state index < -0.39 is 0 Å². The minimum absolute atomic E-state index is 0.176. The molecule has 2 atom stereocenters. The number of phenols is 1. The molecule has 2 N–H and O–H groups in total. The lowest BCUT2D eigenvalue weighted by Gasteiger charge is -2.46. The number of phenolic OH excluding ortho intramolecular Hbond substituents is 1. The van der Waals surface area contributed by atoms with Crippen LogP contribution in [-0.4, -0.2) is 16.0 Å². The number of hydrogen-bond acceptors (Lipinski definition) is 3. The van der Waals surface area contributed by atoms with Crippen molar-refractivity contribution >= 4 is 5.71 Å². The van der Waals surface area contributed by atoms with Crippen molar-refractivity contribution in [2.24, 2.45) is 11.1 Å². The zero-order valence-corrected chi connectivity index (χ0v) is 10.7. The smallest absolute Gasteiger partial charge is 0.115 e. The van der Waals surface area contributed by atoms with Gasteiger partial charge in [-0.25, -0.2) is 0 Å². The van der Waals surface area contributed by atoms with E-state index in [2.05, 4.69) is 18.1 Å². The number of nitrogens with zero attached hydrogens (tertiary/aromatic N) is 1. The van der Waals surface area contributed by atoms with Gasteiger partial charge in [-0.05, 0) is 66.7 Å². The van der Waals surface area contributed by atoms with Crippen molar-refractivity contribution < 1.29 is 10.3 Å². The minimum Gasteiger partial charge on any atom is -0.508 e. The van der Waals surface area contributed by atoms with Crippen LogP contribution in [0.5, 0.6) is 5.75 Å². The molecule has 0 amide bonds. The van der Waals surface area contributed by atoms with Crippen molar-refractivity contribution in [3.63, 3.8) is 0 Å². The summed E-state index contributed by atoms with van der Waals surface area (Å²) in [6, 6.07) is 5.78. The monoisotopic (exact) mass is 245 g/mol. The van der Waals surface area contributed by atoms with E-state index in [9.17, 15) is 5.11 Å². The Labute approximate surface area is 107 Å². The molecule has 0 aromatic heterocycles. The normalized spacial score (nSPS) is 32.9. The highest BCUT2D eigenvalue weighted by Gasteiger charge is 2.43. The average Bonchev–Trinajstić information content (AvgIpc) is 2.37. The highest BCUT2D eigenvalue weighted by atomic mass is 16.4. The SMILES string of the molecule is C[C@@]12CCC(=NO)C[C@@H]1CCc1cc(O)ccc12. The molecule has 2 aliphatic rings. The number of rotatable bonds is 0. The van der Waals surface area contributed by atoms with E-state index >= 15 is 0 Å². The van der Waals surface area contributed by atoms with E-state index in [4.69, 9.17) is 5.21 Å². The third-order valence-electron chi connectivity index (χ3n) is 4.92. The maximum absolute atomic E-state index is 9.60. The lowest BCUT2D eigenvalue weighted by Crippen LogP contribution is -2.41. The highest BCUT2D eigenvalue weighted by Crippen LogP contribution is 2.49. The number of hydrogen-bond donors (Lipinski definition) is 2. The Balaban J connectivity index is 2.02. The first-order valence-corrected chi connectivity index (χ1v) is 6.65.